The van der Waals surface area contributed by atoms with Crippen molar-refractivity contribution in [1.82, 2.24) is 20.0 Å². The van der Waals surface area contributed by atoms with E-state index in [1.807, 2.05) is 0 Å². The SMILES string of the molecule is CC(C)N1C(C)CN(C)CC(C)N(C(C)C)N1C. The Hall–Kier alpha value is -0.160. The summed E-state index contributed by atoms with van der Waals surface area (Å²) in [7, 11) is 4.44. The number of nitrogens with zero attached hydrogens (tertiary/aromatic N) is 4. The fourth-order valence-corrected chi connectivity index (χ4v) is 3.52. The molecule has 0 aliphatic carbocycles. The Labute approximate surface area is 113 Å². The summed E-state index contributed by atoms with van der Waals surface area (Å²) in [5.41, 5.74) is 0. The van der Waals surface area contributed by atoms with Crippen molar-refractivity contribution in [3.8, 4) is 0 Å². The van der Waals surface area contributed by atoms with Crippen LogP contribution in [-0.2, 0) is 0 Å². The van der Waals surface area contributed by atoms with Gasteiger partial charge in [0.05, 0.1) is 0 Å². The van der Waals surface area contributed by atoms with Gasteiger partial charge < -0.3 is 4.90 Å². The lowest BCUT2D eigenvalue weighted by Crippen LogP contribution is -2.65. The van der Waals surface area contributed by atoms with Gasteiger partial charge in [-0.15, -0.1) is 0 Å². The molecule has 1 fully saturated rings. The Morgan fingerprint density at radius 2 is 1.11 bits per heavy atom. The summed E-state index contributed by atoms with van der Waals surface area (Å²) in [5.74, 6) is 0. The van der Waals surface area contributed by atoms with Crippen LogP contribution in [0.15, 0.2) is 0 Å². The molecule has 108 valence electrons. The maximum absolute atomic E-state index is 2.49. The molecular weight excluding hydrogens is 224 g/mol. The molecule has 1 rings (SSSR count). The van der Waals surface area contributed by atoms with Crippen molar-refractivity contribution >= 4 is 0 Å². The molecule has 0 aromatic carbocycles. The second-order valence-corrected chi connectivity index (χ2v) is 6.36. The Kier molecular flexibility index (Phi) is 5.59. The van der Waals surface area contributed by atoms with E-state index in [1.54, 1.807) is 0 Å². The molecule has 2 atom stereocenters. The normalized spacial score (nSPS) is 31.0. The maximum atomic E-state index is 2.49. The van der Waals surface area contributed by atoms with Crippen molar-refractivity contribution in [2.24, 2.45) is 0 Å². The van der Waals surface area contributed by atoms with E-state index in [4.69, 9.17) is 0 Å². The topological polar surface area (TPSA) is 13.0 Å². The molecule has 1 saturated heterocycles. The van der Waals surface area contributed by atoms with Crippen LogP contribution in [-0.4, -0.2) is 71.4 Å². The number of rotatable bonds is 2. The van der Waals surface area contributed by atoms with Crippen molar-refractivity contribution in [3.63, 3.8) is 0 Å². The lowest BCUT2D eigenvalue weighted by atomic mass is 10.2. The van der Waals surface area contributed by atoms with E-state index in [-0.39, 0.29) is 0 Å². The van der Waals surface area contributed by atoms with E-state index in [9.17, 15) is 0 Å². The molecule has 0 radical (unpaired) electrons. The van der Waals surface area contributed by atoms with E-state index in [0.717, 1.165) is 13.1 Å². The molecule has 0 amide bonds. The van der Waals surface area contributed by atoms with E-state index < -0.39 is 0 Å². The fraction of sp³-hybridized carbons (Fsp3) is 1.00. The fourth-order valence-electron chi connectivity index (χ4n) is 3.52. The third-order valence-electron chi connectivity index (χ3n) is 3.78. The lowest BCUT2D eigenvalue weighted by Gasteiger charge is -2.52. The second-order valence-electron chi connectivity index (χ2n) is 6.36. The smallest absolute Gasteiger partial charge is 0.0361 e. The highest BCUT2D eigenvalue weighted by molar-refractivity contribution is 4.79. The highest BCUT2D eigenvalue weighted by Crippen LogP contribution is 2.20. The van der Waals surface area contributed by atoms with Gasteiger partial charge in [-0.3, -0.25) is 0 Å². The van der Waals surface area contributed by atoms with E-state index in [0.29, 0.717) is 24.2 Å². The van der Waals surface area contributed by atoms with Gasteiger partial charge in [0.15, 0.2) is 0 Å². The van der Waals surface area contributed by atoms with E-state index in [2.05, 4.69) is 75.7 Å². The zero-order chi connectivity index (χ0) is 14.0. The summed E-state index contributed by atoms with van der Waals surface area (Å²) in [4.78, 5) is 2.45. The third-order valence-corrected chi connectivity index (χ3v) is 3.78. The highest BCUT2D eigenvalue weighted by Gasteiger charge is 2.33. The van der Waals surface area contributed by atoms with E-state index in [1.165, 1.54) is 0 Å². The molecular formula is C14H32N4. The zero-order valence-electron chi connectivity index (χ0n) is 13.5. The lowest BCUT2D eigenvalue weighted by molar-refractivity contribution is -0.238. The van der Waals surface area contributed by atoms with Crippen molar-refractivity contribution in [3.05, 3.63) is 0 Å². The Bertz CT molecular complexity index is 230. The first-order valence-electron chi connectivity index (χ1n) is 7.24. The van der Waals surface area contributed by atoms with Gasteiger partial charge in [0.1, 0.15) is 0 Å². The molecule has 0 spiro atoms. The van der Waals surface area contributed by atoms with Gasteiger partial charge >= 0.3 is 0 Å². The molecule has 0 aromatic rings. The summed E-state index contributed by atoms with van der Waals surface area (Å²) in [6.45, 7) is 16.0. The van der Waals surface area contributed by atoms with Crippen LogP contribution in [0.2, 0.25) is 0 Å². The predicted molar refractivity (Wildman–Crippen MR) is 78.1 cm³/mol. The van der Waals surface area contributed by atoms with Crippen molar-refractivity contribution in [2.45, 2.75) is 65.7 Å². The minimum Gasteiger partial charge on any atom is -0.303 e. The van der Waals surface area contributed by atoms with Gasteiger partial charge in [-0.05, 0) is 48.6 Å². The molecule has 4 nitrogen and oxygen atoms in total. The quantitative estimate of drug-likeness (QED) is 0.748. The molecule has 0 N–H and O–H groups in total. The number of hydrazine groups is 2. The van der Waals surface area contributed by atoms with Gasteiger partial charge in [-0.25, -0.2) is 10.0 Å². The molecule has 0 bridgehead atoms. The average Bonchev–Trinajstić information content (AvgIpc) is 2.13. The maximum Gasteiger partial charge on any atom is 0.0361 e. The summed E-state index contributed by atoms with van der Waals surface area (Å²) in [6.07, 6.45) is 0. The molecule has 2 unspecified atom stereocenters. The highest BCUT2D eigenvalue weighted by atomic mass is 15.9. The van der Waals surface area contributed by atoms with Crippen LogP contribution < -0.4 is 0 Å². The average molecular weight is 256 g/mol. The minimum absolute atomic E-state index is 0.518. The predicted octanol–water partition coefficient (Wildman–Crippen LogP) is 1.89. The number of hydrogen-bond donors (Lipinski definition) is 0. The van der Waals surface area contributed by atoms with Crippen molar-refractivity contribution in [2.75, 3.05) is 27.2 Å². The first-order valence-corrected chi connectivity index (χ1v) is 7.24. The third kappa shape index (κ3) is 3.44. The zero-order valence-corrected chi connectivity index (χ0v) is 13.5. The first kappa shape index (κ1) is 15.9. The van der Waals surface area contributed by atoms with Crippen LogP contribution in [0.3, 0.4) is 0 Å². The molecule has 0 saturated carbocycles. The summed E-state index contributed by atoms with van der Waals surface area (Å²) in [6, 6.07) is 2.11. The Morgan fingerprint density at radius 3 is 1.39 bits per heavy atom. The van der Waals surface area contributed by atoms with Crippen LogP contribution in [0.1, 0.15) is 41.5 Å². The standard InChI is InChI=1S/C14H32N4/c1-11(2)17-13(5)9-15(7)10-14(6)18(12(3)4)16(17)8/h11-14H,9-10H2,1-8H3. The van der Waals surface area contributed by atoms with Crippen LogP contribution in [0, 0.1) is 0 Å². The largest absolute Gasteiger partial charge is 0.303 e. The van der Waals surface area contributed by atoms with Crippen molar-refractivity contribution < 1.29 is 0 Å². The van der Waals surface area contributed by atoms with Gasteiger partial charge in [-0.1, -0.05) is 0 Å². The first-order chi connectivity index (χ1) is 8.25. The Balaban J connectivity index is 3.01. The second kappa shape index (κ2) is 6.33. The Morgan fingerprint density at radius 1 is 0.778 bits per heavy atom. The molecule has 1 heterocycles. The monoisotopic (exact) mass is 256 g/mol. The van der Waals surface area contributed by atoms with Crippen molar-refractivity contribution in [1.29, 1.82) is 0 Å². The minimum atomic E-state index is 0.518. The van der Waals surface area contributed by atoms with Gasteiger partial charge in [-0.2, -0.15) is 5.12 Å². The van der Waals surface area contributed by atoms with E-state index >= 15 is 0 Å². The van der Waals surface area contributed by atoms with Gasteiger partial charge in [0.2, 0.25) is 0 Å². The van der Waals surface area contributed by atoms with Crippen LogP contribution in [0.25, 0.3) is 0 Å². The van der Waals surface area contributed by atoms with Gasteiger partial charge in [0, 0.05) is 44.3 Å². The number of likely N-dealkylation sites (N-methyl/N-ethyl adjacent to an activating group) is 1. The van der Waals surface area contributed by atoms with Crippen LogP contribution >= 0.6 is 0 Å². The molecule has 1 aliphatic rings. The number of hydrogen-bond acceptors (Lipinski definition) is 4. The summed E-state index contributed by atoms with van der Waals surface area (Å²) in [5, 5.41) is 7.34. The summed E-state index contributed by atoms with van der Waals surface area (Å²) >= 11 is 0. The molecule has 0 aromatic heterocycles. The van der Waals surface area contributed by atoms with Crippen LogP contribution in [0.5, 0.6) is 0 Å². The van der Waals surface area contributed by atoms with Gasteiger partial charge in [0.25, 0.3) is 0 Å². The van der Waals surface area contributed by atoms with Crippen LogP contribution in [0.4, 0.5) is 0 Å². The summed E-state index contributed by atoms with van der Waals surface area (Å²) < 4.78 is 0. The molecule has 18 heavy (non-hydrogen) atoms. The molecule has 4 heteroatoms. The molecule has 1 aliphatic heterocycles.